The Morgan fingerprint density at radius 3 is 2.18 bits per heavy atom. The number of hydrogen-bond acceptors (Lipinski definition) is 4. The van der Waals surface area contributed by atoms with Gasteiger partial charge in [-0.25, -0.2) is 0 Å². The third-order valence-electron chi connectivity index (χ3n) is 5.42. The second-order valence-corrected chi connectivity index (χ2v) is 8.30. The number of amides is 1. The number of benzene rings is 1. The molecule has 1 amide bonds. The molecule has 1 N–H and O–H groups in total. The van der Waals surface area contributed by atoms with E-state index in [4.69, 9.17) is 0 Å². The fourth-order valence-corrected chi connectivity index (χ4v) is 3.66. The summed E-state index contributed by atoms with van der Waals surface area (Å²) >= 11 is 0. The number of pyridine rings is 1. The Hall–Kier alpha value is -2.40. The minimum absolute atomic E-state index is 0.0606. The van der Waals surface area contributed by atoms with E-state index in [0.717, 1.165) is 37.6 Å². The molecule has 0 aliphatic carbocycles. The number of rotatable bonds is 5. The number of piperazine rings is 1. The first-order valence-electron chi connectivity index (χ1n) is 10.2. The maximum Gasteiger partial charge on any atom is 0.255 e. The fraction of sp³-hybridized carbons (Fsp3) is 0.478. The zero-order valence-electron chi connectivity index (χ0n) is 17.7. The first-order valence-corrected chi connectivity index (χ1v) is 10.2. The van der Waals surface area contributed by atoms with Crippen LogP contribution in [0.2, 0.25) is 0 Å². The number of nitrogens with one attached hydrogen (secondary N) is 1. The highest BCUT2D eigenvalue weighted by Gasteiger charge is 2.21. The number of carbonyl (C=O) groups is 1. The number of carbonyl (C=O) groups excluding carboxylic acids is 1. The van der Waals surface area contributed by atoms with Crippen LogP contribution >= 0.6 is 0 Å². The van der Waals surface area contributed by atoms with E-state index < -0.39 is 0 Å². The van der Waals surface area contributed by atoms with Gasteiger partial charge in [0.2, 0.25) is 0 Å². The van der Waals surface area contributed by atoms with E-state index in [1.165, 1.54) is 11.1 Å². The van der Waals surface area contributed by atoms with Crippen molar-refractivity contribution in [2.24, 2.45) is 0 Å². The van der Waals surface area contributed by atoms with Gasteiger partial charge in [-0.2, -0.15) is 0 Å². The van der Waals surface area contributed by atoms with Gasteiger partial charge in [-0.3, -0.25) is 9.78 Å². The molecule has 150 valence electrons. The molecular weight excluding hydrogens is 348 g/mol. The number of likely N-dealkylation sites (N-methyl/N-ethyl adjacent to an activating group) is 1. The van der Waals surface area contributed by atoms with Crippen molar-refractivity contribution in [2.45, 2.75) is 39.5 Å². The van der Waals surface area contributed by atoms with Gasteiger partial charge < -0.3 is 15.1 Å². The molecule has 5 heteroatoms. The third kappa shape index (κ3) is 4.53. The Kier molecular flexibility index (Phi) is 6.35. The molecule has 0 bridgehead atoms. The molecule has 3 rings (SSSR count). The lowest BCUT2D eigenvalue weighted by molar-refractivity contribution is 0.0663. The third-order valence-corrected chi connectivity index (χ3v) is 5.42. The second kappa shape index (κ2) is 8.74. The summed E-state index contributed by atoms with van der Waals surface area (Å²) < 4.78 is 0. The van der Waals surface area contributed by atoms with Gasteiger partial charge >= 0.3 is 0 Å². The lowest BCUT2D eigenvalue weighted by Gasteiger charge is -2.32. The van der Waals surface area contributed by atoms with E-state index >= 15 is 0 Å². The Morgan fingerprint density at radius 2 is 1.61 bits per heavy atom. The number of hydrogen-bond donors (Lipinski definition) is 1. The van der Waals surface area contributed by atoms with E-state index in [0.29, 0.717) is 17.4 Å². The van der Waals surface area contributed by atoms with Gasteiger partial charge in [0.15, 0.2) is 0 Å². The lowest BCUT2D eigenvalue weighted by Crippen LogP contribution is -2.47. The molecular formula is C23H32N4O. The average Bonchev–Trinajstić information content (AvgIpc) is 2.68. The second-order valence-electron chi connectivity index (χ2n) is 8.30. The van der Waals surface area contributed by atoms with Crippen LogP contribution in [0.5, 0.6) is 0 Å². The summed E-state index contributed by atoms with van der Waals surface area (Å²) in [5.41, 5.74) is 5.19. The SMILES string of the molecule is CC(C)c1cccc(C(C)C)c1Nc1cncc(C(=O)N2CCN(C)CC2)c1. The molecule has 5 nitrogen and oxygen atoms in total. The smallest absolute Gasteiger partial charge is 0.255 e. The van der Waals surface area contributed by atoms with Gasteiger partial charge in [0.05, 0.1) is 17.4 Å². The summed E-state index contributed by atoms with van der Waals surface area (Å²) in [5.74, 6) is 0.874. The van der Waals surface area contributed by atoms with Crippen LogP contribution < -0.4 is 5.32 Å². The molecule has 2 heterocycles. The quantitative estimate of drug-likeness (QED) is 0.832. The van der Waals surface area contributed by atoms with Crippen LogP contribution in [0.1, 0.15) is 61.0 Å². The van der Waals surface area contributed by atoms with Gasteiger partial charge in [0, 0.05) is 38.1 Å². The van der Waals surface area contributed by atoms with Crippen molar-refractivity contribution in [3.63, 3.8) is 0 Å². The van der Waals surface area contributed by atoms with Crippen LogP contribution in [0.25, 0.3) is 0 Å². The molecule has 2 aromatic rings. The molecule has 1 aliphatic rings. The van der Waals surface area contributed by atoms with Crippen LogP contribution in [-0.4, -0.2) is 53.9 Å². The standard InChI is InChI=1S/C23H32N4O/c1-16(2)20-7-6-8-21(17(3)4)22(20)25-19-13-18(14-24-15-19)23(28)27-11-9-26(5)10-12-27/h6-8,13-17,25H,9-12H2,1-5H3. The molecule has 1 fully saturated rings. The van der Waals surface area contributed by atoms with Crippen LogP contribution in [0.4, 0.5) is 11.4 Å². The number of para-hydroxylation sites is 1. The van der Waals surface area contributed by atoms with Crippen molar-refractivity contribution in [2.75, 3.05) is 38.5 Å². The highest BCUT2D eigenvalue weighted by atomic mass is 16.2. The van der Waals surface area contributed by atoms with Crippen LogP contribution in [0.3, 0.4) is 0 Å². The van der Waals surface area contributed by atoms with E-state index in [1.807, 2.05) is 11.0 Å². The zero-order valence-corrected chi connectivity index (χ0v) is 17.7. The molecule has 1 aromatic heterocycles. The first-order chi connectivity index (χ1) is 13.4. The normalized spacial score (nSPS) is 15.3. The van der Waals surface area contributed by atoms with Crippen molar-refractivity contribution in [3.8, 4) is 0 Å². The van der Waals surface area contributed by atoms with E-state index in [-0.39, 0.29) is 5.91 Å². The summed E-state index contributed by atoms with van der Waals surface area (Å²) in [6, 6.07) is 8.40. The van der Waals surface area contributed by atoms with Gasteiger partial charge in [0.25, 0.3) is 5.91 Å². The minimum atomic E-state index is 0.0606. The van der Waals surface area contributed by atoms with Gasteiger partial charge in [-0.15, -0.1) is 0 Å². The highest BCUT2D eigenvalue weighted by molar-refractivity contribution is 5.95. The van der Waals surface area contributed by atoms with Crippen LogP contribution in [-0.2, 0) is 0 Å². The summed E-state index contributed by atoms with van der Waals surface area (Å²) in [4.78, 5) is 21.4. The summed E-state index contributed by atoms with van der Waals surface area (Å²) in [6.07, 6.45) is 3.46. The van der Waals surface area contributed by atoms with Gasteiger partial charge in [0.1, 0.15) is 0 Å². The maximum absolute atomic E-state index is 12.9. The summed E-state index contributed by atoms with van der Waals surface area (Å²) in [5, 5.41) is 3.57. The van der Waals surface area contributed by atoms with Gasteiger partial charge in [-0.05, 0) is 36.1 Å². The topological polar surface area (TPSA) is 48.5 Å². The van der Waals surface area contributed by atoms with Crippen LogP contribution in [0, 0.1) is 0 Å². The van der Waals surface area contributed by atoms with Crippen molar-refractivity contribution >= 4 is 17.3 Å². The van der Waals surface area contributed by atoms with Crippen molar-refractivity contribution in [3.05, 3.63) is 53.3 Å². The van der Waals surface area contributed by atoms with Gasteiger partial charge in [-0.1, -0.05) is 45.9 Å². The zero-order chi connectivity index (χ0) is 20.3. The highest BCUT2D eigenvalue weighted by Crippen LogP contribution is 2.34. The predicted molar refractivity (Wildman–Crippen MR) is 116 cm³/mol. The molecule has 0 spiro atoms. The van der Waals surface area contributed by atoms with Crippen LogP contribution in [0.15, 0.2) is 36.7 Å². The molecule has 28 heavy (non-hydrogen) atoms. The van der Waals surface area contributed by atoms with E-state index in [9.17, 15) is 4.79 Å². The average molecular weight is 381 g/mol. The van der Waals surface area contributed by atoms with Crippen molar-refractivity contribution in [1.29, 1.82) is 0 Å². The summed E-state index contributed by atoms with van der Waals surface area (Å²) in [6.45, 7) is 12.2. The number of aromatic nitrogens is 1. The Labute approximate surface area is 168 Å². The minimum Gasteiger partial charge on any atom is -0.354 e. The number of nitrogens with zero attached hydrogens (tertiary/aromatic N) is 3. The molecule has 1 aliphatic heterocycles. The maximum atomic E-state index is 12.9. The molecule has 1 aromatic carbocycles. The Morgan fingerprint density at radius 1 is 1.00 bits per heavy atom. The van der Waals surface area contributed by atoms with E-state index in [2.05, 4.69) is 68.1 Å². The Balaban J connectivity index is 1.87. The fourth-order valence-electron chi connectivity index (χ4n) is 3.66. The molecule has 0 saturated carbocycles. The summed E-state index contributed by atoms with van der Waals surface area (Å²) in [7, 11) is 2.09. The lowest BCUT2D eigenvalue weighted by atomic mass is 9.92. The molecule has 1 saturated heterocycles. The van der Waals surface area contributed by atoms with E-state index in [1.54, 1.807) is 12.4 Å². The molecule has 0 atom stereocenters. The molecule has 0 radical (unpaired) electrons. The molecule has 0 unspecified atom stereocenters. The first kappa shape index (κ1) is 20.3. The van der Waals surface area contributed by atoms with Crippen molar-refractivity contribution in [1.82, 2.24) is 14.8 Å². The number of anilines is 2. The largest absolute Gasteiger partial charge is 0.354 e. The monoisotopic (exact) mass is 380 g/mol. The Bertz CT molecular complexity index is 797. The van der Waals surface area contributed by atoms with Crippen molar-refractivity contribution < 1.29 is 4.79 Å². The predicted octanol–water partition coefficient (Wildman–Crippen LogP) is 4.46.